The molecule has 0 aromatic heterocycles. The second-order valence-corrected chi connectivity index (χ2v) is 12.8. The highest BCUT2D eigenvalue weighted by Gasteiger charge is 2.41. The molecule has 56 heavy (non-hydrogen) atoms. The molecule has 1 rings (SSSR count). The number of carboxylic acid groups (broad SMARTS) is 1. The van der Waals surface area contributed by atoms with Crippen LogP contribution in [0, 0.1) is 5.92 Å². The summed E-state index contributed by atoms with van der Waals surface area (Å²) in [6, 6.07) is -12.4. The average molecular weight is 804 g/mol. The van der Waals surface area contributed by atoms with Gasteiger partial charge < -0.3 is 78.9 Å². The van der Waals surface area contributed by atoms with Crippen LogP contribution in [0.5, 0.6) is 0 Å². The molecule has 314 valence electrons. The third-order valence-electron chi connectivity index (χ3n) is 8.12. The summed E-state index contributed by atoms with van der Waals surface area (Å²) in [4.78, 5) is 129. The van der Waals surface area contributed by atoms with Crippen molar-refractivity contribution in [3.8, 4) is 0 Å². The van der Waals surface area contributed by atoms with Crippen LogP contribution in [0.15, 0.2) is 11.6 Å². The number of hydrogen-bond acceptors (Lipinski definition) is 15. The highest BCUT2D eigenvalue weighted by molar-refractivity contribution is 6.06. The fourth-order valence-corrected chi connectivity index (χ4v) is 4.61. The standard InChI is InChI=1S/C31H49N9O16/c1-6-11(4)23(47)33-7-13-24(48)36-14(9-41)25(49)37-16(10(2)3)28(52)39-18(20(44)21(45)22(32)46)29(53)38-17(12(5)42)27(51)34-8-15(43)26(50)40-19(31(55)56)30(54)35-13/h6,10,12-21,41-45H,7-9H2,1-5H3,(H2,32,46)(H,33,47)(H,34,51)(H,35,54)(H,36,48)(H,37,49)(H,38,53)(H,39,52)(H,40,50)(H,55,56)/b11-6-/t12-,13+,14+,15-,16+,17-,18+,19-,20+,21-/m1/s1. The number of allylic oxidation sites excluding steroid dienone is 1. The first kappa shape index (κ1) is 48.3. The molecule has 0 aromatic rings. The first-order valence-electron chi connectivity index (χ1n) is 16.8. The molecule has 0 bridgehead atoms. The number of β-amino-alcohol motifs (C(OH)–C–C–N with tert-alkyl or cyclic N) is 1. The second kappa shape index (κ2) is 22.0. The zero-order valence-electron chi connectivity index (χ0n) is 30.9. The van der Waals surface area contributed by atoms with Gasteiger partial charge in [0.05, 0.1) is 19.3 Å². The van der Waals surface area contributed by atoms with Gasteiger partial charge in [-0.15, -0.1) is 0 Å². The van der Waals surface area contributed by atoms with Gasteiger partial charge in [0.15, 0.2) is 6.10 Å². The van der Waals surface area contributed by atoms with Crippen LogP contribution in [-0.2, 0) is 47.9 Å². The minimum atomic E-state index is -2.53. The molecule has 9 amide bonds. The lowest BCUT2D eigenvalue weighted by molar-refractivity contribution is -0.148. The molecular weight excluding hydrogens is 754 g/mol. The van der Waals surface area contributed by atoms with Gasteiger partial charge in [-0.2, -0.15) is 0 Å². The van der Waals surface area contributed by atoms with Crippen molar-refractivity contribution in [1.82, 2.24) is 42.5 Å². The summed E-state index contributed by atoms with van der Waals surface area (Å²) in [6.45, 7) is 3.67. The normalized spacial score (nSPS) is 27.2. The molecule has 16 N–H and O–H groups in total. The number of primary amides is 1. The number of aliphatic hydroxyl groups excluding tert-OH is 5. The van der Waals surface area contributed by atoms with Crippen LogP contribution in [0.25, 0.3) is 0 Å². The Labute approximate surface area is 318 Å². The molecule has 1 heterocycles. The fraction of sp³-hybridized carbons (Fsp3) is 0.613. The lowest BCUT2D eigenvalue weighted by Gasteiger charge is -2.31. The van der Waals surface area contributed by atoms with E-state index >= 15 is 0 Å². The molecule has 1 saturated heterocycles. The number of aliphatic hydroxyl groups is 5. The maximum Gasteiger partial charge on any atom is 0.336 e. The van der Waals surface area contributed by atoms with Gasteiger partial charge in [0.1, 0.15) is 42.4 Å². The van der Waals surface area contributed by atoms with E-state index in [1.54, 1.807) is 5.32 Å². The van der Waals surface area contributed by atoms with Crippen molar-refractivity contribution in [3.05, 3.63) is 11.6 Å². The minimum absolute atomic E-state index is 0.147. The maximum atomic E-state index is 13.5. The smallest absolute Gasteiger partial charge is 0.336 e. The van der Waals surface area contributed by atoms with Gasteiger partial charge in [-0.1, -0.05) is 19.9 Å². The largest absolute Gasteiger partial charge is 0.479 e. The number of aliphatic carboxylic acids is 1. The number of carbonyl (C=O) groups is 10. The van der Waals surface area contributed by atoms with Gasteiger partial charge in [-0.05, 0) is 26.7 Å². The molecular formula is C31H49N9O16. The molecule has 25 nitrogen and oxygen atoms in total. The van der Waals surface area contributed by atoms with Crippen LogP contribution < -0.4 is 48.3 Å². The van der Waals surface area contributed by atoms with Crippen molar-refractivity contribution in [3.63, 3.8) is 0 Å². The van der Waals surface area contributed by atoms with Gasteiger partial charge in [-0.25, -0.2) is 4.79 Å². The van der Waals surface area contributed by atoms with Gasteiger partial charge in [0.2, 0.25) is 47.4 Å². The van der Waals surface area contributed by atoms with Crippen molar-refractivity contribution < 1.29 is 78.6 Å². The molecule has 0 aromatic carbocycles. The average Bonchev–Trinajstić information content (AvgIpc) is 3.13. The van der Waals surface area contributed by atoms with Crippen LogP contribution in [0.3, 0.4) is 0 Å². The first-order chi connectivity index (χ1) is 26.0. The molecule has 0 spiro atoms. The van der Waals surface area contributed by atoms with E-state index in [4.69, 9.17) is 5.73 Å². The molecule has 0 radical (unpaired) electrons. The van der Waals surface area contributed by atoms with Crippen molar-refractivity contribution in [2.24, 2.45) is 11.7 Å². The Bertz CT molecular complexity index is 1550. The van der Waals surface area contributed by atoms with Crippen molar-refractivity contribution in [1.29, 1.82) is 0 Å². The number of rotatable bonds is 10. The zero-order chi connectivity index (χ0) is 43.2. The molecule has 25 heteroatoms. The summed E-state index contributed by atoms with van der Waals surface area (Å²) < 4.78 is 0. The predicted molar refractivity (Wildman–Crippen MR) is 185 cm³/mol. The number of amides is 9. The number of nitrogens with two attached hydrogens (primary N) is 1. The van der Waals surface area contributed by atoms with E-state index in [2.05, 4.69) is 16.0 Å². The third kappa shape index (κ3) is 13.8. The molecule has 0 saturated carbocycles. The van der Waals surface area contributed by atoms with Crippen LogP contribution >= 0.6 is 0 Å². The van der Waals surface area contributed by atoms with Gasteiger partial charge >= 0.3 is 5.97 Å². The van der Waals surface area contributed by atoms with Crippen LogP contribution in [0.4, 0.5) is 0 Å². The summed E-state index contributed by atoms with van der Waals surface area (Å²) in [6.07, 6.45) is -7.76. The van der Waals surface area contributed by atoms with Crippen LogP contribution in [0.1, 0.15) is 34.6 Å². The van der Waals surface area contributed by atoms with Crippen LogP contribution in [0.2, 0.25) is 0 Å². The van der Waals surface area contributed by atoms with E-state index in [1.807, 2.05) is 21.3 Å². The maximum absolute atomic E-state index is 13.5. The Morgan fingerprint density at radius 1 is 0.768 bits per heavy atom. The van der Waals surface area contributed by atoms with E-state index < -0.39 is 145 Å². The molecule has 1 aliphatic rings. The van der Waals surface area contributed by atoms with E-state index in [-0.39, 0.29) is 5.57 Å². The Balaban J connectivity index is 3.81. The minimum Gasteiger partial charge on any atom is -0.479 e. The lowest BCUT2D eigenvalue weighted by Crippen LogP contribution is -2.66. The number of nitrogens with one attached hydrogen (secondary N) is 8. The number of hydrogen-bond donors (Lipinski definition) is 15. The fourth-order valence-electron chi connectivity index (χ4n) is 4.61. The molecule has 0 aliphatic carbocycles. The summed E-state index contributed by atoms with van der Waals surface area (Å²) >= 11 is 0. The Morgan fingerprint density at radius 2 is 1.29 bits per heavy atom. The highest BCUT2D eigenvalue weighted by atomic mass is 16.4. The van der Waals surface area contributed by atoms with E-state index in [1.165, 1.54) is 33.8 Å². The molecule has 10 atom stereocenters. The van der Waals surface area contributed by atoms with Crippen molar-refractivity contribution >= 4 is 59.1 Å². The Kier molecular flexibility index (Phi) is 18.9. The summed E-state index contributed by atoms with van der Waals surface area (Å²) in [7, 11) is 0. The molecule has 0 unspecified atom stereocenters. The van der Waals surface area contributed by atoms with Crippen LogP contribution in [-0.4, -0.2) is 170 Å². The number of carbonyl (C=O) groups excluding carboxylic acids is 9. The zero-order valence-corrected chi connectivity index (χ0v) is 30.9. The third-order valence-corrected chi connectivity index (χ3v) is 8.12. The Hall–Kier alpha value is -5.76. The monoisotopic (exact) mass is 803 g/mol. The Morgan fingerprint density at radius 3 is 1.79 bits per heavy atom. The summed E-state index contributed by atoms with van der Waals surface area (Å²) in [5.41, 5.74) is 5.19. The van der Waals surface area contributed by atoms with Crippen molar-refractivity contribution in [2.45, 2.75) is 95.3 Å². The predicted octanol–water partition coefficient (Wildman–Crippen LogP) is -9.21. The lowest BCUT2D eigenvalue weighted by atomic mass is 9.99. The summed E-state index contributed by atoms with van der Waals surface area (Å²) in [5.74, 6) is -15.1. The summed E-state index contributed by atoms with van der Waals surface area (Å²) in [5, 5.41) is 77.4. The van der Waals surface area contributed by atoms with Gasteiger partial charge in [0.25, 0.3) is 11.8 Å². The van der Waals surface area contributed by atoms with Gasteiger partial charge in [-0.3, -0.25) is 43.2 Å². The number of carboxylic acids is 1. The van der Waals surface area contributed by atoms with E-state index in [0.717, 1.165) is 6.92 Å². The SMILES string of the molecule is C/C=C(/C)C(=O)NC[C@@H]1NC(=O)[C@H](C(=O)O)NC(=O)[C@H](O)CNC(=O)[C@@H]([C@@H](C)O)NC(=O)[C@H]([C@H](O)[C@@H](O)C(N)=O)NC(=O)[C@H](C(C)C)NC(=O)[C@H](CO)NC1=O. The molecule has 1 fully saturated rings. The highest BCUT2D eigenvalue weighted by Crippen LogP contribution is 2.08. The van der Waals surface area contributed by atoms with Crippen molar-refractivity contribution in [2.75, 3.05) is 19.7 Å². The topological polar surface area (TPSA) is 414 Å². The first-order valence-corrected chi connectivity index (χ1v) is 16.8. The van der Waals surface area contributed by atoms with Gasteiger partial charge in [0, 0.05) is 12.1 Å². The quantitative estimate of drug-likeness (QED) is 0.0720. The van der Waals surface area contributed by atoms with E-state index in [0.29, 0.717) is 0 Å². The van der Waals surface area contributed by atoms with E-state index in [9.17, 15) is 78.6 Å². The molecule has 1 aliphatic heterocycles. The second-order valence-electron chi connectivity index (χ2n) is 12.8.